The lowest BCUT2D eigenvalue weighted by Crippen LogP contribution is -1.94. The number of carbonyl (C=O) groups excluding carboxylic acids is 1. The second-order valence-corrected chi connectivity index (χ2v) is 3.92. The molecule has 0 aliphatic carbocycles. The van der Waals surface area contributed by atoms with Gasteiger partial charge in [0.25, 0.3) is 0 Å². The number of halogens is 1. The van der Waals surface area contributed by atoms with Crippen LogP contribution in [0.1, 0.15) is 10.4 Å². The van der Waals surface area contributed by atoms with Crippen molar-refractivity contribution >= 4 is 6.29 Å². The normalized spacial score (nSPS) is 10.1. The number of aldehydes is 1. The SMILES string of the molecule is COc1ccc(OC)c(-c2ccc(F)cc2C=O)c1. The molecule has 0 spiro atoms. The summed E-state index contributed by atoms with van der Waals surface area (Å²) in [5, 5.41) is 0. The van der Waals surface area contributed by atoms with Crippen molar-refractivity contribution < 1.29 is 18.7 Å². The largest absolute Gasteiger partial charge is 0.497 e. The first-order valence-electron chi connectivity index (χ1n) is 5.66. The number of carbonyl (C=O) groups is 1. The monoisotopic (exact) mass is 260 g/mol. The molecule has 0 heterocycles. The van der Waals surface area contributed by atoms with Crippen LogP contribution in [-0.4, -0.2) is 20.5 Å². The van der Waals surface area contributed by atoms with Crippen LogP contribution >= 0.6 is 0 Å². The third-order valence-electron chi connectivity index (χ3n) is 2.84. The molecule has 0 saturated carbocycles. The van der Waals surface area contributed by atoms with Crippen molar-refractivity contribution in [3.63, 3.8) is 0 Å². The lowest BCUT2D eigenvalue weighted by atomic mass is 9.99. The van der Waals surface area contributed by atoms with Crippen molar-refractivity contribution in [2.24, 2.45) is 0 Å². The molecule has 0 saturated heterocycles. The molecule has 0 aliphatic heterocycles. The Bertz CT molecular complexity index is 608. The van der Waals surface area contributed by atoms with Crippen molar-refractivity contribution in [3.8, 4) is 22.6 Å². The third-order valence-corrected chi connectivity index (χ3v) is 2.84. The summed E-state index contributed by atoms with van der Waals surface area (Å²) in [6.07, 6.45) is 0.622. The Hall–Kier alpha value is -2.36. The van der Waals surface area contributed by atoms with Gasteiger partial charge in [-0.1, -0.05) is 6.07 Å². The van der Waals surface area contributed by atoms with Crippen molar-refractivity contribution in [1.82, 2.24) is 0 Å². The minimum Gasteiger partial charge on any atom is -0.497 e. The predicted molar refractivity (Wildman–Crippen MR) is 70.3 cm³/mol. The molecule has 3 nitrogen and oxygen atoms in total. The number of rotatable bonds is 4. The molecule has 0 radical (unpaired) electrons. The summed E-state index contributed by atoms with van der Waals surface area (Å²) in [4.78, 5) is 11.1. The van der Waals surface area contributed by atoms with E-state index < -0.39 is 5.82 Å². The molecule has 2 aromatic carbocycles. The number of benzene rings is 2. The minimum absolute atomic E-state index is 0.270. The smallest absolute Gasteiger partial charge is 0.150 e. The van der Waals surface area contributed by atoms with Gasteiger partial charge >= 0.3 is 0 Å². The standard InChI is InChI=1S/C15H13FO3/c1-18-12-4-6-15(19-2)14(8-12)13-5-3-11(16)7-10(13)9-17/h3-9H,1-2H3. The van der Waals surface area contributed by atoms with Crippen molar-refractivity contribution in [2.75, 3.05) is 14.2 Å². The predicted octanol–water partition coefficient (Wildman–Crippen LogP) is 3.32. The summed E-state index contributed by atoms with van der Waals surface area (Å²) in [6, 6.07) is 9.30. The van der Waals surface area contributed by atoms with Gasteiger partial charge < -0.3 is 9.47 Å². The molecule has 19 heavy (non-hydrogen) atoms. The lowest BCUT2D eigenvalue weighted by Gasteiger charge is -2.12. The minimum atomic E-state index is -0.451. The third kappa shape index (κ3) is 2.57. The number of ether oxygens (including phenoxy) is 2. The number of methoxy groups -OCH3 is 2. The molecule has 98 valence electrons. The van der Waals surface area contributed by atoms with E-state index in [9.17, 15) is 9.18 Å². The Labute approximate surface area is 110 Å². The molecular weight excluding hydrogens is 247 g/mol. The molecule has 0 amide bonds. The van der Waals surface area contributed by atoms with Gasteiger partial charge in [-0.15, -0.1) is 0 Å². The van der Waals surface area contributed by atoms with E-state index in [-0.39, 0.29) is 5.56 Å². The molecule has 0 aromatic heterocycles. The van der Waals surface area contributed by atoms with Crippen LogP contribution in [0.2, 0.25) is 0 Å². The summed E-state index contributed by atoms with van der Waals surface area (Å²) in [7, 11) is 3.09. The number of hydrogen-bond acceptors (Lipinski definition) is 3. The Morgan fingerprint density at radius 2 is 1.79 bits per heavy atom. The molecule has 0 fully saturated rings. The van der Waals surface area contributed by atoms with Crippen molar-refractivity contribution in [3.05, 3.63) is 47.8 Å². The van der Waals surface area contributed by atoms with Gasteiger partial charge in [-0.05, 0) is 35.9 Å². The second kappa shape index (κ2) is 5.52. The first-order valence-corrected chi connectivity index (χ1v) is 5.66. The Kier molecular flexibility index (Phi) is 3.80. The fourth-order valence-corrected chi connectivity index (χ4v) is 1.90. The van der Waals surface area contributed by atoms with E-state index in [1.807, 2.05) is 0 Å². The zero-order valence-electron chi connectivity index (χ0n) is 10.6. The van der Waals surface area contributed by atoms with Gasteiger partial charge in [-0.3, -0.25) is 4.79 Å². The van der Waals surface area contributed by atoms with Crippen LogP contribution in [0.25, 0.3) is 11.1 Å². The van der Waals surface area contributed by atoms with Crippen LogP contribution in [-0.2, 0) is 0 Å². The molecule has 0 atom stereocenters. The lowest BCUT2D eigenvalue weighted by molar-refractivity contribution is 0.112. The maximum Gasteiger partial charge on any atom is 0.150 e. The molecule has 2 aromatic rings. The van der Waals surface area contributed by atoms with E-state index in [0.717, 1.165) is 0 Å². The zero-order chi connectivity index (χ0) is 13.8. The highest BCUT2D eigenvalue weighted by molar-refractivity contribution is 5.89. The van der Waals surface area contributed by atoms with Gasteiger partial charge in [0.2, 0.25) is 0 Å². The fourth-order valence-electron chi connectivity index (χ4n) is 1.90. The highest BCUT2D eigenvalue weighted by Gasteiger charge is 2.12. The van der Waals surface area contributed by atoms with Gasteiger partial charge in [0.1, 0.15) is 17.3 Å². The van der Waals surface area contributed by atoms with Gasteiger partial charge in [-0.25, -0.2) is 4.39 Å². The number of hydrogen-bond donors (Lipinski definition) is 0. The Morgan fingerprint density at radius 1 is 1.00 bits per heavy atom. The molecule has 4 heteroatoms. The molecule has 2 rings (SSSR count). The molecular formula is C15H13FO3. The highest BCUT2D eigenvalue weighted by Crippen LogP contribution is 2.35. The van der Waals surface area contributed by atoms with Gasteiger partial charge in [0.05, 0.1) is 14.2 Å². The summed E-state index contributed by atoms with van der Waals surface area (Å²) in [6.45, 7) is 0. The van der Waals surface area contributed by atoms with E-state index >= 15 is 0 Å². The zero-order valence-corrected chi connectivity index (χ0v) is 10.6. The van der Waals surface area contributed by atoms with Gasteiger partial charge in [0.15, 0.2) is 6.29 Å². The quantitative estimate of drug-likeness (QED) is 0.791. The first-order chi connectivity index (χ1) is 9.19. The van der Waals surface area contributed by atoms with E-state index in [2.05, 4.69) is 0 Å². The Morgan fingerprint density at radius 3 is 2.42 bits per heavy atom. The molecule has 0 bridgehead atoms. The summed E-state index contributed by atoms with van der Waals surface area (Å²) >= 11 is 0. The molecule has 0 aliphatic rings. The average molecular weight is 260 g/mol. The highest BCUT2D eigenvalue weighted by atomic mass is 19.1. The first kappa shape index (κ1) is 13.1. The van der Waals surface area contributed by atoms with Gasteiger partial charge in [0, 0.05) is 11.1 Å². The van der Waals surface area contributed by atoms with Crippen molar-refractivity contribution in [1.29, 1.82) is 0 Å². The average Bonchev–Trinajstić information content (AvgIpc) is 2.46. The van der Waals surface area contributed by atoms with Crippen LogP contribution in [0, 0.1) is 5.82 Å². The summed E-state index contributed by atoms with van der Waals surface area (Å²) in [5.41, 5.74) is 1.56. The fraction of sp³-hybridized carbons (Fsp3) is 0.133. The van der Waals surface area contributed by atoms with E-state index in [1.165, 1.54) is 19.2 Å². The maximum atomic E-state index is 13.2. The second-order valence-electron chi connectivity index (χ2n) is 3.92. The van der Waals surface area contributed by atoms with E-state index in [0.29, 0.717) is 28.9 Å². The topological polar surface area (TPSA) is 35.5 Å². The maximum absolute atomic E-state index is 13.2. The van der Waals surface area contributed by atoms with Crippen LogP contribution in [0.3, 0.4) is 0 Å². The molecule has 0 N–H and O–H groups in total. The Balaban J connectivity index is 2.66. The van der Waals surface area contributed by atoms with Crippen LogP contribution in [0.15, 0.2) is 36.4 Å². The summed E-state index contributed by atoms with van der Waals surface area (Å²) in [5.74, 6) is 0.778. The van der Waals surface area contributed by atoms with E-state index in [1.54, 1.807) is 31.4 Å². The van der Waals surface area contributed by atoms with Crippen molar-refractivity contribution in [2.45, 2.75) is 0 Å². The molecule has 0 unspecified atom stereocenters. The van der Waals surface area contributed by atoms with Gasteiger partial charge in [-0.2, -0.15) is 0 Å². The summed E-state index contributed by atoms with van der Waals surface area (Å²) < 4.78 is 23.6. The van der Waals surface area contributed by atoms with Crippen LogP contribution in [0.4, 0.5) is 4.39 Å². The van der Waals surface area contributed by atoms with Crippen LogP contribution in [0.5, 0.6) is 11.5 Å². The van der Waals surface area contributed by atoms with E-state index in [4.69, 9.17) is 9.47 Å². The van der Waals surface area contributed by atoms with Crippen LogP contribution < -0.4 is 9.47 Å².